The molecule has 3 heteroatoms. The molecular weight excluding hydrogens is 318 g/mol. The fourth-order valence-electron chi connectivity index (χ4n) is 3.79. The van der Waals surface area contributed by atoms with Crippen molar-refractivity contribution in [2.45, 2.75) is 39.0 Å². The second kappa shape index (κ2) is 6.83. The lowest BCUT2D eigenvalue weighted by Crippen LogP contribution is -2.22. The summed E-state index contributed by atoms with van der Waals surface area (Å²) in [5.74, 6) is 1.01. The van der Waals surface area contributed by atoms with Crippen LogP contribution in [0, 0.1) is 0 Å². The summed E-state index contributed by atoms with van der Waals surface area (Å²) < 4.78 is 0. The van der Waals surface area contributed by atoms with Crippen LogP contribution in [0.5, 0.6) is 0 Å². The molecule has 0 spiro atoms. The van der Waals surface area contributed by atoms with Gasteiger partial charge in [0, 0.05) is 5.69 Å². The maximum Gasteiger partial charge on any atom is 0.198 e. The molecule has 3 aromatic rings. The van der Waals surface area contributed by atoms with E-state index in [1.54, 1.807) is 0 Å². The van der Waals surface area contributed by atoms with Crippen molar-refractivity contribution in [3.05, 3.63) is 71.3 Å². The van der Waals surface area contributed by atoms with E-state index in [0.717, 1.165) is 30.6 Å². The molecule has 0 saturated heterocycles. The number of guanidine groups is 1. The maximum atomic E-state index is 6.19. The van der Waals surface area contributed by atoms with E-state index in [0.29, 0.717) is 11.9 Å². The first-order valence-electron chi connectivity index (χ1n) is 9.40. The molecule has 132 valence electrons. The Bertz CT molecular complexity index is 971. The Labute approximate surface area is 155 Å². The van der Waals surface area contributed by atoms with Crippen molar-refractivity contribution in [2.75, 3.05) is 5.32 Å². The SMILES string of the molecule is CCC(C)c1ccc(NC(N)=Nc2ccc3cccc4c3c2CC4)cc1. The molecule has 0 bridgehead atoms. The van der Waals surface area contributed by atoms with Gasteiger partial charge in [0.2, 0.25) is 0 Å². The van der Waals surface area contributed by atoms with E-state index in [1.165, 1.54) is 27.5 Å². The number of anilines is 1. The lowest BCUT2D eigenvalue weighted by Gasteiger charge is -2.11. The third kappa shape index (κ3) is 3.05. The standard InChI is InChI=1S/C23H25N3/c1-3-15(2)16-7-11-19(12-8-16)25-23(24)26-21-14-10-18-6-4-5-17-9-13-20(21)22(17)18/h4-8,10-12,14-15H,3,9,13H2,1-2H3,(H3,24,25,26). The van der Waals surface area contributed by atoms with E-state index in [9.17, 15) is 0 Å². The predicted octanol–water partition coefficient (Wildman–Crippen LogP) is 5.51. The minimum absolute atomic E-state index is 0.432. The van der Waals surface area contributed by atoms with Gasteiger partial charge in [0.15, 0.2) is 5.96 Å². The number of hydrogen-bond acceptors (Lipinski definition) is 1. The Morgan fingerprint density at radius 3 is 2.65 bits per heavy atom. The van der Waals surface area contributed by atoms with Crippen LogP contribution in [0.3, 0.4) is 0 Å². The molecule has 0 radical (unpaired) electrons. The normalized spacial score (nSPS) is 14.6. The van der Waals surface area contributed by atoms with Crippen LogP contribution in [0.15, 0.2) is 59.6 Å². The number of aliphatic imine (C=N–C) groups is 1. The van der Waals surface area contributed by atoms with Crippen LogP contribution in [0.4, 0.5) is 11.4 Å². The van der Waals surface area contributed by atoms with Crippen molar-refractivity contribution < 1.29 is 0 Å². The molecule has 3 aromatic carbocycles. The van der Waals surface area contributed by atoms with E-state index in [1.807, 2.05) is 0 Å². The summed E-state index contributed by atoms with van der Waals surface area (Å²) in [6.07, 6.45) is 3.26. The van der Waals surface area contributed by atoms with Crippen LogP contribution in [-0.2, 0) is 12.8 Å². The van der Waals surface area contributed by atoms with E-state index in [2.05, 4.69) is 78.8 Å². The minimum atomic E-state index is 0.432. The molecular formula is C23H25N3. The predicted molar refractivity (Wildman–Crippen MR) is 111 cm³/mol. The average molecular weight is 343 g/mol. The minimum Gasteiger partial charge on any atom is -0.369 e. The Balaban J connectivity index is 1.59. The highest BCUT2D eigenvalue weighted by Gasteiger charge is 2.17. The molecule has 3 nitrogen and oxygen atoms in total. The molecule has 0 heterocycles. The fourth-order valence-corrected chi connectivity index (χ4v) is 3.79. The van der Waals surface area contributed by atoms with Crippen molar-refractivity contribution in [1.82, 2.24) is 0 Å². The summed E-state index contributed by atoms with van der Waals surface area (Å²) >= 11 is 0. The monoisotopic (exact) mass is 343 g/mol. The lowest BCUT2D eigenvalue weighted by molar-refractivity contribution is 0.734. The van der Waals surface area contributed by atoms with Crippen molar-refractivity contribution in [3.8, 4) is 0 Å². The van der Waals surface area contributed by atoms with Crippen LogP contribution in [0.1, 0.15) is 42.9 Å². The molecule has 1 atom stereocenters. The number of benzene rings is 3. The van der Waals surface area contributed by atoms with Crippen molar-refractivity contribution >= 4 is 28.1 Å². The summed E-state index contributed by atoms with van der Waals surface area (Å²) in [7, 11) is 0. The van der Waals surface area contributed by atoms with Gasteiger partial charge in [-0.05, 0) is 70.8 Å². The van der Waals surface area contributed by atoms with Gasteiger partial charge in [0.05, 0.1) is 5.69 Å². The molecule has 0 amide bonds. The van der Waals surface area contributed by atoms with Gasteiger partial charge >= 0.3 is 0 Å². The second-order valence-electron chi connectivity index (χ2n) is 7.13. The second-order valence-corrected chi connectivity index (χ2v) is 7.13. The van der Waals surface area contributed by atoms with Crippen LogP contribution >= 0.6 is 0 Å². The molecule has 1 aliphatic carbocycles. The highest BCUT2D eigenvalue weighted by molar-refractivity contribution is 5.98. The Hall–Kier alpha value is -2.81. The van der Waals surface area contributed by atoms with Crippen molar-refractivity contribution in [2.24, 2.45) is 10.7 Å². The molecule has 0 aliphatic heterocycles. The zero-order valence-electron chi connectivity index (χ0n) is 15.4. The van der Waals surface area contributed by atoms with Gasteiger partial charge in [-0.25, -0.2) is 4.99 Å². The number of aryl methyl sites for hydroxylation is 2. The molecule has 1 unspecified atom stereocenters. The summed E-state index contributed by atoms with van der Waals surface area (Å²) in [5, 5.41) is 5.87. The molecule has 0 fully saturated rings. The average Bonchev–Trinajstić information content (AvgIpc) is 3.10. The van der Waals surface area contributed by atoms with Crippen molar-refractivity contribution in [1.29, 1.82) is 0 Å². The van der Waals surface area contributed by atoms with Gasteiger partial charge in [-0.3, -0.25) is 0 Å². The van der Waals surface area contributed by atoms with Gasteiger partial charge in [-0.1, -0.05) is 50.2 Å². The van der Waals surface area contributed by atoms with Gasteiger partial charge in [0.25, 0.3) is 0 Å². The first-order chi connectivity index (χ1) is 12.7. The Morgan fingerprint density at radius 1 is 1.08 bits per heavy atom. The van der Waals surface area contributed by atoms with E-state index in [-0.39, 0.29) is 0 Å². The molecule has 0 saturated carbocycles. The van der Waals surface area contributed by atoms with Crippen LogP contribution in [0.2, 0.25) is 0 Å². The summed E-state index contributed by atoms with van der Waals surface area (Å²) in [4.78, 5) is 4.67. The van der Waals surface area contributed by atoms with Crippen LogP contribution in [0.25, 0.3) is 10.8 Å². The number of nitrogens with zero attached hydrogens (tertiary/aromatic N) is 1. The number of nitrogens with one attached hydrogen (secondary N) is 1. The van der Waals surface area contributed by atoms with Crippen LogP contribution in [-0.4, -0.2) is 5.96 Å². The zero-order chi connectivity index (χ0) is 18.1. The maximum absolute atomic E-state index is 6.19. The Kier molecular flexibility index (Phi) is 4.37. The molecule has 0 aromatic heterocycles. The zero-order valence-corrected chi connectivity index (χ0v) is 15.4. The first kappa shape index (κ1) is 16.6. The highest BCUT2D eigenvalue weighted by Crippen LogP contribution is 2.36. The van der Waals surface area contributed by atoms with Crippen LogP contribution < -0.4 is 11.1 Å². The van der Waals surface area contributed by atoms with Crippen molar-refractivity contribution in [3.63, 3.8) is 0 Å². The van der Waals surface area contributed by atoms with Gasteiger partial charge in [-0.15, -0.1) is 0 Å². The topological polar surface area (TPSA) is 50.4 Å². The quantitative estimate of drug-likeness (QED) is 0.485. The summed E-state index contributed by atoms with van der Waals surface area (Å²) in [5.41, 5.74) is 12.2. The molecule has 3 N–H and O–H groups in total. The number of nitrogens with two attached hydrogens (primary N) is 1. The first-order valence-corrected chi connectivity index (χ1v) is 9.40. The smallest absolute Gasteiger partial charge is 0.198 e. The molecule has 1 aliphatic rings. The lowest BCUT2D eigenvalue weighted by atomic mass is 9.99. The fraction of sp³-hybridized carbons (Fsp3) is 0.261. The summed E-state index contributed by atoms with van der Waals surface area (Å²) in [6, 6.07) is 19.2. The van der Waals surface area contributed by atoms with E-state index >= 15 is 0 Å². The largest absolute Gasteiger partial charge is 0.369 e. The van der Waals surface area contributed by atoms with E-state index < -0.39 is 0 Å². The molecule has 26 heavy (non-hydrogen) atoms. The number of rotatable bonds is 4. The number of hydrogen-bond donors (Lipinski definition) is 2. The van der Waals surface area contributed by atoms with Gasteiger partial charge < -0.3 is 11.1 Å². The van der Waals surface area contributed by atoms with Gasteiger partial charge in [0.1, 0.15) is 0 Å². The van der Waals surface area contributed by atoms with E-state index in [4.69, 9.17) is 5.73 Å². The highest BCUT2D eigenvalue weighted by atomic mass is 15.1. The van der Waals surface area contributed by atoms with Gasteiger partial charge in [-0.2, -0.15) is 0 Å². The molecule has 4 rings (SSSR count). The summed E-state index contributed by atoms with van der Waals surface area (Å²) in [6.45, 7) is 4.45. The third-order valence-corrected chi connectivity index (χ3v) is 5.46. The Morgan fingerprint density at radius 2 is 1.88 bits per heavy atom. The third-order valence-electron chi connectivity index (χ3n) is 5.46.